The molecule has 66 valence electrons. The van der Waals surface area contributed by atoms with E-state index in [0.717, 1.165) is 0 Å². The molecule has 2 aromatic rings. The van der Waals surface area contributed by atoms with Crippen LogP contribution >= 0.6 is 15.9 Å². The number of hydrogen-bond acceptors (Lipinski definition) is 4. The van der Waals surface area contributed by atoms with E-state index in [9.17, 15) is 4.79 Å². The molecule has 0 fully saturated rings. The Morgan fingerprint density at radius 2 is 2.31 bits per heavy atom. The summed E-state index contributed by atoms with van der Waals surface area (Å²) < 4.78 is 5.41. The van der Waals surface area contributed by atoms with Crippen molar-refractivity contribution in [2.75, 3.05) is 0 Å². The van der Waals surface area contributed by atoms with E-state index in [-0.39, 0.29) is 5.69 Å². The van der Waals surface area contributed by atoms with E-state index in [2.05, 4.69) is 26.1 Å². The van der Waals surface area contributed by atoms with Crippen molar-refractivity contribution in [3.8, 4) is 0 Å². The second kappa shape index (κ2) is 2.81. The number of nitrogens with zero attached hydrogens (tertiary/aromatic N) is 2. The largest absolute Gasteiger partial charge is 0.476 e. The second-order valence-corrected chi connectivity index (χ2v) is 3.19. The molecule has 5 nitrogen and oxygen atoms in total. The first-order valence-corrected chi connectivity index (χ1v) is 4.11. The fourth-order valence-corrected chi connectivity index (χ4v) is 1.38. The summed E-state index contributed by atoms with van der Waals surface area (Å²) in [6.45, 7) is 0. The molecule has 2 rings (SSSR count). The molecule has 2 heterocycles. The van der Waals surface area contributed by atoms with Gasteiger partial charge < -0.3 is 9.63 Å². The second-order valence-electron chi connectivity index (χ2n) is 2.33. The number of fused-ring (bicyclic) bond motifs is 1. The molecule has 0 unspecified atom stereocenters. The smallest absolute Gasteiger partial charge is 0.358 e. The van der Waals surface area contributed by atoms with Crippen LogP contribution in [0.5, 0.6) is 0 Å². The van der Waals surface area contributed by atoms with Crippen LogP contribution in [0.3, 0.4) is 0 Å². The van der Waals surface area contributed by atoms with E-state index in [0.29, 0.717) is 15.4 Å². The zero-order chi connectivity index (χ0) is 9.42. The van der Waals surface area contributed by atoms with Crippen LogP contribution < -0.4 is 0 Å². The van der Waals surface area contributed by atoms with Crippen LogP contribution in [0.2, 0.25) is 0 Å². The van der Waals surface area contributed by atoms with Crippen molar-refractivity contribution in [3.05, 3.63) is 22.6 Å². The molecule has 0 atom stereocenters. The quantitative estimate of drug-likeness (QED) is 0.824. The number of carboxylic acids is 1. The van der Waals surface area contributed by atoms with Crippen LogP contribution in [0.15, 0.2) is 21.4 Å². The van der Waals surface area contributed by atoms with Gasteiger partial charge >= 0.3 is 5.97 Å². The maximum Gasteiger partial charge on any atom is 0.358 e. The summed E-state index contributed by atoms with van der Waals surface area (Å²) in [5, 5.41) is 12.5. The lowest BCUT2D eigenvalue weighted by Gasteiger charge is -1.88. The predicted molar refractivity (Wildman–Crippen MR) is 46.5 cm³/mol. The Kier molecular flexibility index (Phi) is 1.77. The summed E-state index contributed by atoms with van der Waals surface area (Å²) in [4.78, 5) is 14.4. The average molecular weight is 243 g/mol. The topological polar surface area (TPSA) is 76.2 Å². The highest BCUT2D eigenvalue weighted by molar-refractivity contribution is 9.10. The van der Waals surface area contributed by atoms with Crippen LogP contribution in [-0.2, 0) is 0 Å². The van der Waals surface area contributed by atoms with Crippen molar-refractivity contribution < 1.29 is 14.4 Å². The predicted octanol–water partition coefficient (Wildman–Crippen LogP) is 1.68. The van der Waals surface area contributed by atoms with Crippen LogP contribution in [-0.4, -0.2) is 21.2 Å². The van der Waals surface area contributed by atoms with E-state index in [4.69, 9.17) is 9.63 Å². The summed E-state index contributed by atoms with van der Waals surface area (Å²) in [7, 11) is 0. The van der Waals surface area contributed by atoms with Crippen molar-refractivity contribution in [2.24, 2.45) is 0 Å². The van der Waals surface area contributed by atoms with Gasteiger partial charge in [0.05, 0.1) is 9.86 Å². The number of carbonyl (C=O) groups is 1. The van der Waals surface area contributed by atoms with E-state index in [1.165, 1.54) is 12.4 Å². The van der Waals surface area contributed by atoms with Gasteiger partial charge in [-0.1, -0.05) is 5.16 Å². The number of aromatic nitrogens is 2. The molecule has 13 heavy (non-hydrogen) atoms. The molecule has 0 aliphatic heterocycles. The molecule has 0 aliphatic rings. The van der Waals surface area contributed by atoms with E-state index in [1.54, 1.807) is 0 Å². The Labute approximate surface area is 80.5 Å². The lowest BCUT2D eigenvalue weighted by atomic mass is 10.3. The third-order valence-electron chi connectivity index (χ3n) is 1.54. The number of carboxylic acid groups (broad SMARTS) is 1. The van der Waals surface area contributed by atoms with Gasteiger partial charge in [-0.3, -0.25) is 4.98 Å². The SMILES string of the molecule is O=C(O)c1noc2c(Br)cncc12. The lowest BCUT2D eigenvalue weighted by molar-refractivity contribution is 0.0688. The molecule has 6 heteroatoms. The number of halogens is 1. The highest BCUT2D eigenvalue weighted by Gasteiger charge is 2.16. The number of rotatable bonds is 1. The first-order chi connectivity index (χ1) is 6.20. The Morgan fingerprint density at radius 1 is 1.54 bits per heavy atom. The van der Waals surface area contributed by atoms with E-state index < -0.39 is 5.97 Å². The molecule has 0 aromatic carbocycles. The average Bonchev–Trinajstić information content (AvgIpc) is 2.48. The van der Waals surface area contributed by atoms with Crippen molar-refractivity contribution in [1.29, 1.82) is 0 Å². The molecule has 0 bridgehead atoms. The monoisotopic (exact) mass is 242 g/mol. The highest BCUT2D eigenvalue weighted by Crippen LogP contribution is 2.24. The van der Waals surface area contributed by atoms with Gasteiger partial charge in [0.15, 0.2) is 5.58 Å². The Bertz CT molecular complexity index is 480. The van der Waals surface area contributed by atoms with Gasteiger partial charge in [0, 0.05) is 12.4 Å². The van der Waals surface area contributed by atoms with Gasteiger partial charge in [-0.15, -0.1) is 0 Å². The third-order valence-corrected chi connectivity index (χ3v) is 2.10. The van der Waals surface area contributed by atoms with Gasteiger partial charge in [0.2, 0.25) is 5.69 Å². The molecule has 0 radical (unpaired) electrons. The minimum atomic E-state index is -1.13. The maximum atomic E-state index is 10.6. The molecule has 0 saturated heterocycles. The minimum absolute atomic E-state index is 0.121. The first-order valence-electron chi connectivity index (χ1n) is 3.32. The molecular weight excluding hydrogens is 240 g/mol. The third kappa shape index (κ3) is 1.19. The summed E-state index contributed by atoms with van der Waals surface area (Å²) in [6, 6.07) is 0. The fourth-order valence-electron chi connectivity index (χ4n) is 0.979. The Morgan fingerprint density at radius 3 is 3.00 bits per heavy atom. The van der Waals surface area contributed by atoms with Crippen molar-refractivity contribution in [1.82, 2.24) is 10.1 Å². The summed E-state index contributed by atoms with van der Waals surface area (Å²) in [6.07, 6.45) is 2.92. The van der Waals surface area contributed by atoms with Crippen LogP contribution in [0, 0.1) is 0 Å². The number of aromatic carboxylic acids is 1. The zero-order valence-corrected chi connectivity index (χ0v) is 7.78. The standard InChI is InChI=1S/C7H3BrN2O3/c8-4-2-9-1-3-5(7(11)12)10-13-6(3)4/h1-2H,(H,11,12). The summed E-state index contributed by atoms with van der Waals surface area (Å²) in [5.41, 5.74) is 0.274. The molecule has 1 N–H and O–H groups in total. The maximum absolute atomic E-state index is 10.6. The first kappa shape index (κ1) is 8.18. The number of hydrogen-bond donors (Lipinski definition) is 1. The van der Waals surface area contributed by atoms with E-state index in [1.807, 2.05) is 0 Å². The normalized spacial score (nSPS) is 10.5. The highest BCUT2D eigenvalue weighted by atomic mass is 79.9. The van der Waals surface area contributed by atoms with Crippen molar-refractivity contribution >= 4 is 32.9 Å². The fraction of sp³-hybridized carbons (Fsp3) is 0. The van der Waals surface area contributed by atoms with Crippen LogP contribution in [0.4, 0.5) is 0 Å². The van der Waals surface area contributed by atoms with Gasteiger partial charge in [0.25, 0.3) is 0 Å². The molecule has 0 aliphatic carbocycles. The van der Waals surface area contributed by atoms with Gasteiger partial charge in [-0.25, -0.2) is 4.79 Å². The molecule has 0 spiro atoms. The lowest BCUT2D eigenvalue weighted by Crippen LogP contribution is -1.96. The van der Waals surface area contributed by atoms with Crippen molar-refractivity contribution in [2.45, 2.75) is 0 Å². The van der Waals surface area contributed by atoms with Crippen molar-refractivity contribution in [3.63, 3.8) is 0 Å². The van der Waals surface area contributed by atoms with Crippen LogP contribution in [0.1, 0.15) is 10.5 Å². The van der Waals surface area contributed by atoms with Gasteiger partial charge in [-0.05, 0) is 15.9 Å². The van der Waals surface area contributed by atoms with Gasteiger partial charge in [0.1, 0.15) is 0 Å². The Hall–Kier alpha value is -1.43. The summed E-state index contributed by atoms with van der Waals surface area (Å²) in [5.74, 6) is -1.13. The zero-order valence-electron chi connectivity index (χ0n) is 6.19. The molecule has 2 aromatic heterocycles. The van der Waals surface area contributed by atoms with Gasteiger partial charge in [-0.2, -0.15) is 0 Å². The molecule has 0 saturated carbocycles. The van der Waals surface area contributed by atoms with Crippen LogP contribution in [0.25, 0.3) is 11.0 Å². The molecule has 0 amide bonds. The molecular formula is C7H3BrN2O3. The summed E-state index contributed by atoms with van der Waals surface area (Å²) >= 11 is 3.17. The minimum Gasteiger partial charge on any atom is -0.476 e. The Balaban J connectivity index is 2.83. The van der Waals surface area contributed by atoms with E-state index >= 15 is 0 Å². The number of pyridine rings is 1.